The second-order valence-electron chi connectivity index (χ2n) is 5.37. The highest BCUT2D eigenvalue weighted by Crippen LogP contribution is 2.23. The maximum absolute atomic E-state index is 5.87. The summed E-state index contributed by atoms with van der Waals surface area (Å²) < 4.78 is 11.2. The summed E-state index contributed by atoms with van der Waals surface area (Å²) in [6.07, 6.45) is 0. The Labute approximate surface area is 126 Å². The van der Waals surface area contributed by atoms with Crippen LogP contribution in [0.2, 0.25) is 0 Å². The van der Waals surface area contributed by atoms with Crippen LogP contribution in [0, 0.1) is 0 Å². The number of ether oxygens (including phenoxy) is 2. The zero-order chi connectivity index (χ0) is 15.2. The zero-order valence-corrected chi connectivity index (χ0v) is 12.9. The van der Waals surface area contributed by atoms with E-state index in [1.54, 1.807) is 7.11 Å². The summed E-state index contributed by atoms with van der Waals surface area (Å²) >= 11 is 0. The van der Waals surface area contributed by atoms with Gasteiger partial charge in [-0.3, -0.25) is 0 Å². The first-order chi connectivity index (χ1) is 10.1. The Morgan fingerprint density at radius 1 is 1.10 bits per heavy atom. The average Bonchev–Trinajstić information content (AvgIpc) is 2.52. The van der Waals surface area contributed by atoms with E-state index in [1.807, 2.05) is 30.3 Å². The fourth-order valence-electron chi connectivity index (χ4n) is 2.18. The van der Waals surface area contributed by atoms with Gasteiger partial charge in [0.2, 0.25) is 0 Å². The van der Waals surface area contributed by atoms with Crippen molar-refractivity contribution in [2.45, 2.75) is 32.9 Å². The Kier molecular flexibility index (Phi) is 5.23. The Balaban J connectivity index is 2.07. The maximum Gasteiger partial charge on any atom is 0.123 e. The van der Waals surface area contributed by atoms with Gasteiger partial charge in [-0.2, -0.15) is 0 Å². The van der Waals surface area contributed by atoms with E-state index < -0.39 is 0 Å². The Hall–Kier alpha value is -2.00. The summed E-state index contributed by atoms with van der Waals surface area (Å²) in [6.45, 7) is 5.34. The SMILES string of the molecule is COc1cc(COc2cccc(C(C)C)c2)ccc1CN. The van der Waals surface area contributed by atoms with Crippen molar-refractivity contribution in [2.75, 3.05) is 7.11 Å². The highest BCUT2D eigenvalue weighted by Gasteiger charge is 2.05. The molecule has 0 aromatic heterocycles. The van der Waals surface area contributed by atoms with Crippen LogP contribution in [0.4, 0.5) is 0 Å². The fourth-order valence-corrected chi connectivity index (χ4v) is 2.18. The largest absolute Gasteiger partial charge is 0.496 e. The van der Waals surface area contributed by atoms with Crippen molar-refractivity contribution in [3.8, 4) is 11.5 Å². The molecule has 0 fully saturated rings. The van der Waals surface area contributed by atoms with Crippen LogP contribution in [0.25, 0.3) is 0 Å². The molecule has 2 aromatic rings. The number of nitrogens with two attached hydrogens (primary N) is 1. The fraction of sp³-hybridized carbons (Fsp3) is 0.333. The lowest BCUT2D eigenvalue weighted by Crippen LogP contribution is -2.02. The molecule has 0 saturated heterocycles. The highest BCUT2D eigenvalue weighted by molar-refractivity contribution is 5.37. The van der Waals surface area contributed by atoms with Gasteiger partial charge in [0.05, 0.1) is 7.11 Å². The van der Waals surface area contributed by atoms with E-state index in [-0.39, 0.29) is 0 Å². The zero-order valence-electron chi connectivity index (χ0n) is 12.9. The lowest BCUT2D eigenvalue weighted by atomic mass is 10.0. The molecule has 0 atom stereocenters. The molecule has 2 rings (SSSR count). The number of methoxy groups -OCH3 is 1. The second-order valence-corrected chi connectivity index (χ2v) is 5.37. The Morgan fingerprint density at radius 2 is 1.90 bits per heavy atom. The van der Waals surface area contributed by atoms with Gasteiger partial charge in [0.1, 0.15) is 18.1 Å². The first kappa shape index (κ1) is 15.4. The normalized spacial score (nSPS) is 10.7. The summed E-state index contributed by atoms with van der Waals surface area (Å²) in [5.74, 6) is 2.20. The van der Waals surface area contributed by atoms with Gasteiger partial charge in [0, 0.05) is 12.1 Å². The molecule has 0 aliphatic rings. The van der Waals surface area contributed by atoms with Crippen LogP contribution in [0.5, 0.6) is 11.5 Å². The second kappa shape index (κ2) is 7.14. The van der Waals surface area contributed by atoms with Gasteiger partial charge in [-0.05, 0) is 35.2 Å². The number of rotatable bonds is 6. The van der Waals surface area contributed by atoms with Crippen LogP contribution < -0.4 is 15.2 Å². The van der Waals surface area contributed by atoms with E-state index in [0.29, 0.717) is 19.1 Å². The minimum absolute atomic E-state index is 0.473. The van der Waals surface area contributed by atoms with Crippen LogP contribution in [0.15, 0.2) is 42.5 Å². The van der Waals surface area contributed by atoms with Crippen LogP contribution in [-0.2, 0) is 13.2 Å². The summed E-state index contributed by atoms with van der Waals surface area (Å²) in [5, 5.41) is 0. The molecular weight excluding hydrogens is 262 g/mol. The Bertz CT molecular complexity index is 594. The monoisotopic (exact) mass is 285 g/mol. The molecule has 112 valence electrons. The van der Waals surface area contributed by atoms with E-state index in [1.165, 1.54) is 5.56 Å². The summed E-state index contributed by atoms with van der Waals surface area (Å²) in [6, 6.07) is 14.2. The van der Waals surface area contributed by atoms with Crippen LogP contribution in [-0.4, -0.2) is 7.11 Å². The molecule has 0 heterocycles. The van der Waals surface area contributed by atoms with Gasteiger partial charge in [-0.15, -0.1) is 0 Å². The first-order valence-electron chi connectivity index (χ1n) is 7.22. The first-order valence-corrected chi connectivity index (χ1v) is 7.22. The summed E-state index contributed by atoms with van der Waals surface area (Å²) in [5.41, 5.74) is 9.03. The van der Waals surface area contributed by atoms with Crippen molar-refractivity contribution in [1.82, 2.24) is 0 Å². The van der Waals surface area contributed by atoms with Crippen molar-refractivity contribution >= 4 is 0 Å². The summed E-state index contributed by atoms with van der Waals surface area (Å²) in [4.78, 5) is 0. The maximum atomic E-state index is 5.87. The number of hydrogen-bond donors (Lipinski definition) is 1. The molecule has 0 bridgehead atoms. The molecule has 3 nitrogen and oxygen atoms in total. The third-order valence-corrected chi connectivity index (χ3v) is 3.50. The van der Waals surface area contributed by atoms with Crippen molar-refractivity contribution in [1.29, 1.82) is 0 Å². The van der Waals surface area contributed by atoms with Crippen molar-refractivity contribution in [2.24, 2.45) is 5.73 Å². The topological polar surface area (TPSA) is 44.5 Å². The third kappa shape index (κ3) is 3.99. The molecular formula is C18H23NO2. The van der Waals surface area contributed by atoms with Gasteiger partial charge < -0.3 is 15.2 Å². The molecule has 0 amide bonds. The molecule has 0 saturated carbocycles. The van der Waals surface area contributed by atoms with Gasteiger partial charge in [-0.1, -0.05) is 38.1 Å². The minimum Gasteiger partial charge on any atom is -0.496 e. The number of hydrogen-bond acceptors (Lipinski definition) is 3. The van der Waals surface area contributed by atoms with Gasteiger partial charge in [0.15, 0.2) is 0 Å². The van der Waals surface area contributed by atoms with Gasteiger partial charge in [0.25, 0.3) is 0 Å². The van der Waals surface area contributed by atoms with Crippen molar-refractivity contribution in [3.63, 3.8) is 0 Å². The van der Waals surface area contributed by atoms with Crippen molar-refractivity contribution in [3.05, 3.63) is 59.2 Å². The molecule has 2 N–H and O–H groups in total. The van der Waals surface area contributed by atoms with Crippen LogP contribution in [0.3, 0.4) is 0 Å². The van der Waals surface area contributed by atoms with E-state index >= 15 is 0 Å². The lowest BCUT2D eigenvalue weighted by molar-refractivity contribution is 0.304. The number of benzene rings is 2. The van der Waals surface area contributed by atoms with Crippen molar-refractivity contribution < 1.29 is 9.47 Å². The molecule has 0 spiro atoms. The molecule has 21 heavy (non-hydrogen) atoms. The average molecular weight is 285 g/mol. The van der Waals surface area contributed by atoms with E-state index in [2.05, 4.69) is 26.0 Å². The standard InChI is InChI=1S/C18H23NO2/c1-13(2)15-5-4-6-17(10-15)21-12-14-7-8-16(11-19)18(9-14)20-3/h4-10,13H,11-12,19H2,1-3H3. The molecule has 0 aliphatic heterocycles. The molecule has 2 aromatic carbocycles. The quantitative estimate of drug-likeness (QED) is 0.876. The molecule has 3 heteroatoms. The van der Waals surface area contributed by atoms with Crippen LogP contribution >= 0.6 is 0 Å². The van der Waals surface area contributed by atoms with E-state index in [9.17, 15) is 0 Å². The lowest BCUT2D eigenvalue weighted by Gasteiger charge is -2.12. The minimum atomic E-state index is 0.473. The highest BCUT2D eigenvalue weighted by atomic mass is 16.5. The smallest absolute Gasteiger partial charge is 0.123 e. The van der Waals surface area contributed by atoms with Gasteiger partial charge >= 0.3 is 0 Å². The van der Waals surface area contributed by atoms with E-state index in [4.69, 9.17) is 15.2 Å². The Morgan fingerprint density at radius 3 is 2.57 bits per heavy atom. The van der Waals surface area contributed by atoms with Gasteiger partial charge in [-0.25, -0.2) is 0 Å². The predicted octanol–water partition coefficient (Wildman–Crippen LogP) is 3.86. The predicted molar refractivity (Wildman–Crippen MR) is 85.7 cm³/mol. The van der Waals surface area contributed by atoms with E-state index in [0.717, 1.165) is 22.6 Å². The molecule has 0 radical (unpaired) electrons. The van der Waals surface area contributed by atoms with Crippen LogP contribution in [0.1, 0.15) is 36.5 Å². The molecule has 0 unspecified atom stereocenters. The third-order valence-electron chi connectivity index (χ3n) is 3.50. The summed E-state index contributed by atoms with van der Waals surface area (Å²) in [7, 11) is 1.66. The molecule has 0 aliphatic carbocycles.